The molecule has 9 heteroatoms. The van der Waals surface area contributed by atoms with Crippen LogP contribution in [-0.2, 0) is 6.42 Å². The van der Waals surface area contributed by atoms with Gasteiger partial charge in [0.15, 0.2) is 5.65 Å². The highest BCUT2D eigenvalue weighted by Crippen LogP contribution is 2.37. The van der Waals surface area contributed by atoms with Gasteiger partial charge in [-0.3, -0.25) is 4.57 Å². The van der Waals surface area contributed by atoms with Gasteiger partial charge in [0.1, 0.15) is 28.7 Å². The number of nitrogens with zero attached hydrogens (tertiary/aromatic N) is 4. The van der Waals surface area contributed by atoms with E-state index in [1.807, 2.05) is 4.57 Å². The van der Waals surface area contributed by atoms with Crippen LogP contribution >= 0.6 is 0 Å². The first-order valence-electron chi connectivity index (χ1n) is 12.3. The molecule has 4 N–H and O–H groups in total. The Kier molecular flexibility index (Phi) is 6.74. The number of nitrogens with one attached hydrogen (secondary N) is 1. The van der Waals surface area contributed by atoms with E-state index in [0.717, 1.165) is 63.6 Å². The zero-order valence-corrected chi connectivity index (χ0v) is 19.3. The lowest BCUT2D eigenvalue weighted by Gasteiger charge is -2.29. The van der Waals surface area contributed by atoms with Crippen LogP contribution in [-0.4, -0.2) is 37.3 Å². The number of imidazole rings is 1. The lowest BCUT2D eigenvalue weighted by Crippen LogP contribution is -2.27. The number of aromatic nitrogens is 4. The molecule has 5 rings (SSSR count). The van der Waals surface area contributed by atoms with E-state index in [2.05, 4.69) is 15.3 Å². The zero-order chi connectivity index (χ0) is 23.7. The van der Waals surface area contributed by atoms with Crippen LogP contribution in [0.4, 0.5) is 20.4 Å². The molecule has 1 aromatic carbocycles. The number of benzene rings is 1. The standard InChI is InChI=1S/C25H32F2N6O/c26-19-2-1-3-20(27)23(19)32-25-30-21-13-29-22(12-15-4-8-17(28)9-5-15)31-24(21)33(25)18-10-6-16(14-34)7-11-18/h1-3,13,15-18,34H,4-12,14,28H2,(H,30,32). The number of rotatable bonds is 6. The van der Waals surface area contributed by atoms with Crippen LogP contribution in [0.1, 0.15) is 63.2 Å². The Morgan fingerprint density at radius 2 is 1.65 bits per heavy atom. The van der Waals surface area contributed by atoms with E-state index in [9.17, 15) is 13.9 Å². The minimum absolute atomic E-state index is 0.0700. The summed E-state index contributed by atoms with van der Waals surface area (Å²) in [5.74, 6) is 0.575. The molecule has 3 aromatic rings. The Bertz CT molecular complexity index is 1120. The van der Waals surface area contributed by atoms with Gasteiger partial charge in [-0.2, -0.15) is 0 Å². The highest BCUT2D eigenvalue weighted by atomic mass is 19.1. The van der Waals surface area contributed by atoms with E-state index >= 15 is 0 Å². The molecule has 182 valence electrons. The number of hydrogen-bond acceptors (Lipinski definition) is 6. The number of hydrogen-bond donors (Lipinski definition) is 3. The first-order valence-corrected chi connectivity index (χ1v) is 12.3. The Morgan fingerprint density at radius 3 is 2.32 bits per heavy atom. The van der Waals surface area contributed by atoms with Crippen molar-refractivity contribution in [3.05, 3.63) is 41.9 Å². The predicted molar refractivity (Wildman–Crippen MR) is 127 cm³/mol. The minimum Gasteiger partial charge on any atom is -0.396 e. The molecule has 2 aliphatic carbocycles. The molecular weight excluding hydrogens is 438 g/mol. The van der Waals surface area contributed by atoms with Crippen LogP contribution in [0.3, 0.4) is 0 Å². The van der Waals surface area contributed by atoms with E-state index in [0.29, 0.717) is 29.1 Å². The quantitative estimate of drug-likeness (QED) is 0.485. The van der Waals surface area contributed by atoms with E-state index < -0.39 is 11.6 Å². The number of aliphatic hydroxyl groups is 1. The third-order valence-corrected chi connectivity index (χ3v) is 7.48. The van der Waals surface area contributed by atoms with Gasteiger partial charge in [-0.15, -0.1) is 0 Å². The molecule has 0 spiro atoms. The van der Waals surface area contributed by atoms with Crippen molar-refractivity contribution in [2.45, 2.75) is 69.9 Å². The van der Waals surface area contributed by atoms with Gasteiger partial charge < -0.3 is 16.2 Å². The normalized spacial score (nSPS) is 25.5. The van der Waals surface area contributed by atoms with Crippen molar-refractivity contribution in [1.29, 1.82) is 0 Å². The van der Waals surface area contributed by atoms with Gasteiger partial charge in [0.2, 0.25) is 5.95 Å². The van der Waals surface area contributed by atoms with E-state index in [1.54, 1.807) is 6.20 Å². The summed E-state index contributed by atoms with van der Waals surface area (Å²) in [6, 6.07) is 4.14. The van der Waals surface area contributed by atoms with Gasteiger partial charge in [0.05, 0.1) is 6.20 Å². The Labute approximate surface area is 197 Å². The van der Waals surface area contributed by atoms with Crippen molar-refractivity contribution in [3.63, 3.8) is 0 Å². The van der Waals surface area contributed by atoms with Gasteiger partial charge in [-0.25, -0.2) is 23.7 Å². The second-order valence-corrected chi connectivity index (χ2v) is 9.86. The van der Waals surface area contributed by atoms with Crippen LogP contribution in [0.25, 0.3) is 11.2 Å². The van der Waals surface area contributed by atoms with Gasteiger partial charge in [-0.1, -0.05) is 6.07 Å². The smallest absolute Gasteiger partial charge is 0.210 e. The fourth-order valence-electron chi connectivity index (χ4n) is 5.42. The first kappa shape index (κ1) is 23.1. The van der Waals surface area contributed by atoms with Crippen molar-refractivity contribution in [1.82, 2.24) is 19.5 Å². The number of aliphatic hydroxyl groups excluding tert-OH is 1. The molecule has 0 unspecified atom stereocenters. The summed E-state index contributed by atoms with van der Waals surface area (Å²) in [6.07, 6.45) is 10.2. The lowest BCUT2D eigenvalue weighted by atomic mass is 9.84. The van der Waals surface area contributed by atoms with Crippen molar-refractivity contribution in [3.8, 4) is 0 Å². The van der Waals surface area contributed by atoms with Crippen LogP contribution in [0.5, 0.6) is 0 Å². The highest BCUT2D eigenvalue weighted by Gasteiger charge is 2.28. The predicted octanol–water partition coefficient (Wildman–Crippen LogP) is 4.63. The molecule has 34 heavy (non-hydrogen) atoms. The summed E-state index contributed by atoms with van der Waals surface area (Å²) in [5.41, 5.74) is 7.11. The number of para-hydroxylation sites is 1. The van der Waals surface area contributed by atoms with Crippen molar-refractivity contribution in [2.24, 2.45) is 17.6 Å². The molecular formula is C25H32F2N6O. The molecule has 0 radical (unpaired) electrons. The average Bonchev–Trinajstić information content (AvgIpc) is 3.20. The van der Waals surface area contributed by atoms with Crippen LogP contribution in [0.15, 0.2) is 24.4 Å². The molecule has 0 bridgehead atoms. The molecule has 2 heterocycles. The number of fused-ring (bicyclic) bond motifs is 1. The SMILES string of the molecule is NC1CCC(Cc2ncc3nc(Nc4c(F)cccc4F)n(C4CCC(CO)CC4)c3n2)CC1. The molecule has 2 saturated carbocycles. The average molecular weight is 471 g/mol. The Balaban J connectivity index is 1.50. The fourth-order valence-corrected chi connectivity index (χ4v) is 5.42. The summed E-state index contributed by atoms with van der Waals surface area (Å²) < 4.78 is 30.8. The zero-order valence-electron chi connectivity index (χ0n) is 19.3. The van der Waals surface area contributed by atoms with E-state index in [4.69, 9.17) is 10.7 Å². The molecule has 0 amide bonds. The molecule has 0 aliphatic heterocycles. The van der Waals surface area contributed by atoms with E-state index in [-0.39, 0.29) is 24.3 Å². The molecule has 7 nitrogen and oxygen atoms in total. The van der Waals surface area contributed by atoms with Crippen LogP contribution < -0.4 is 11.1 Å². The lowest BCUT2D eigenvalue weighted by molar-refractivity contribution is 0.170. The van der Waals surface area contributed by atoms with Crippen molar-refractivity contribution in [2.75, 3.05) is 11.9 Å². The van der Waals surface area contributed by atoms with Crippen LogP contribution in [0, 0.1) is 23.5 Å². The third kappa shape index (κ3) is 4.77. The summed E-state index contributed by atoms with van der Waals surface area (Å²) >= 11 is 0. The molecule has 2 aromatic heterocycles. The second kappa shape index (κ2) is 9.92. The van der Waals surface area contributed by atoms with Crippen molar-refractivity contribution >= 4 is 22.8 Å². The number of halogens is 2. The summed E-state index contributed by atoms with van der Waals surface area (Å²) in [7, 11) is 0. The maximum Gasteiger partial charge on any atom is 0.210 e. The summed E-state index contributed by atoms with van der Waals surface area (Å²) in [6.45, 7) is 0.181. The number of anilines is 2. The molecule has 0 atom stereocenters. The Hall–Kier alpha value is -2.65. The number of nitrogens with two attached hydrogens (primary N) is 1. The van der Waals surface area contributed by atoms with Crippen LogP contribution in [0.2, 0.25) is 0 Å². The highest BCUT2D eigenvalue weighted by molar-refractivity contribution is 5.75. The minimum atomic E-state index is -0.676. The van der Waals surface area contributed by atoms with Crippen molar-refractivity contribution < 1.29 is 13.9 Å². The maximum absolute atomic E-state index is 14.4. The summed E-state index contributed by atoms with van der Waals surface area (Å²) in [5, 5.41) is 12.5. The van der Waals surface area contributed by atoms with Gasteiger partial charge in [-0.05, 0) is 75.3 Å². The largest absolute Gasteiger partial charge is 0.396 e. The second-order valence-electron chi connectivity index (χ2n) is 9.86. The van der Waals surface area contributed by atoms with Gasteiger partial charge >= 0.3 is 0 Å². The van der Waals surface area contributed by atoms with Gasteiger partial charge in [0, 0.05) is 25.1 Å². The maximum atomic E-state index is 14.4. The van der Waals surface area contributed by atoms with Gasteiger partial charge in [0.25, 0.3) is 0 Å². The van der Waals surface area contributed by atoms with E-state index in [1.165, 1.54) is 18.2 Å². The molecule has 2 fully saturated rings. The Morgan fingerprint density at radius 1 is 0.971 bits per heavy atom. The monoisotopic (exact) mass is 470 g/mol. The first-order chi connectivity index (χ1) is 16.5. The fraction of sp³-hybridized carbons (Fsp3) is 0.560. The summed E-state index contributed by atoms with van der Waals surface area (Å²) in [4.78, 5) is 14.1. The molecule has 2 aliphatic rings. The topological polar surface area (TPSA) is 102 Å². The molecule has 0 saturated heterocycles. The third-order valence-electron chi connectivity index (χ3n) is 7.48.